The molecule has 0 fully saturated rings. The molecule has 10 heteroatoms. The van der Waals surface area contributed by atoms with Crippen LogP contribution in [0.15, 0.2) is 30.7 Å². The number of aryl methyl sites for hydroxylation is 1. The fourth-order valence-corrected chi connectivity index (χ4v) is 2.29. The van der Waals surface area contributed by atoms with Gasteiger partial charge in [-0.15, -0.1) is 0 Å². The van der Waals surface area contributed by atoms with Crippen LogP contribution in [0.1, 0.15) is 11.1 Å². The minimum absolute atomic E-state index is 0.0444. The molecule has 0 aliphatic heterocycles. The average Bonchev–Trinajstić information content (AvgIpc) is 2.82. The number of hydrogen-bond donors (Lipinski definition) is 0. The molecule has 0 spiro atoms. The molecule has 0 saturated carbocycles. The molecule has 0 atom stereocenters. The van der Waals surface area contributed by atoms with Gasteiger partial charge in [0.2, 0.25) is 0 Å². The van der Waals surface area contributed by atoms with E-state index in [2.05, 4.69) is 15.0 Å². The molecule has 0 amide bonds. The van der Waals surface area contributed by atoms with E-state index in [1.165, 1.54) is 11.6 Å². The van der Waals surface area contributed by atoms with E-state index in [0.717, 1.165) is 18.3 Å². The van der Waals surface area contributed by atoms with Gasteiger partial charge in [-0.25, -0.2) is 9.97 Å². The lowest BCUT2D eigenvalue weighted by atomic mass is 10.1. The van der Waals surface area contributed by atoms with Crippen molar-refractivity contribution in [1.29, 1.82) is 0 Å². The molecule has 3 rings (SSSR count). The fourth-order valence-electron chi connectivity index (χ4n) is 2.29. The fraction of sp³-hybridized carbons (Fsp3) is 0.214. The predicted molar refractivity (Wildman–Crippen MR) is 71.7 cm³/mol. The third-order valence-electron chi connectivity index (χ3n) is 3.40. The summed E-state index contributed by atoms with van der Waals surface area (Å²) in [4.78, 5) is 11.0. The van der Waals surface area contributed by atoms with E-state index in [1.54, 1.807) is 0 Å². The van der Waals surface area contributed by atoms with Gasteiger partial charge in [-0.2, -0.15) is 26.3 Å². The minimum Gasteiger partial charge on any atom is -0.312 e. The van der Waals surface area contributed by atoms with E-state index >= 15 is 0 Å². The van der Waals surface area contributed by atoms with Crippen molar-refractivity contribution in [2.45, 2.75) is 12.4 Å². The lowest BCUT2D eigenvalue weighted by Gasteiger charge is -2.11. The zero-order chi connectivity index (χ0) is 17.7. The Morgan fingerprint density at radius 1 is 1.00 bits per heavy atom. The van der Waals surface area contributed by atoms with Gasteiger partial charge in [-0.1, -0.05) is 0 Å². The number of rotatable bonds is 1. The van der Waals surface area contributed by atoms with Crippen LogP contribution in [0.4, 0.5) is 26.3 Å². The minimum atomic E-state index is -4.67. The molecule has 24 heavy (non-hydrogen) atoms. The summed E-state index contributed by atoms with van der Waals surface area (Å²) in [6, 6.07) is 1.86. The summed E-state index contributed by atoms with van der Waals surface area (Å²) in [5.41, 5.74) is -2.44. The lowest BCUT2D eigenvalue weighted by Crippen LogP contribution is -2.09. The number of alkyl halides is 6. The Morgan fingerprint density at radius 2 is 1.71 bits per heavy atom. The van der Waals surface area contributed by atoms with Crippen molar-refractivity contribution in [1.82, 2.24) is 19.5 Å². The van der Waals surface area contributed by atoms with Gasteiger partial charge in [0.1, 0.15) is 11.3 Å². The topological polar surface area (TPSA) is 43.6 Å². The average molecular weight is 346 g/mol. The van der Waals surface area contributed by atoms with Gasteiger partial charge in [0, 0.05) is 31.2 Å². The Morgan fingerprint density at radius 3 is 2.33 bits per heavy atom. The first-order valence-corrected chi connectivity index (χ1v) is 6.50. The first-order valence-electron chi connectivity index (χ1n) is 6.50. The molecule has 126 valence electrons. The zero-order valence-corrected chi connectivity index (χ0v) is 11.9. The summed E-state index contributed by atoms with van der Waals surface area (Å²) in [5, 5.41) is 0. The molecule has 3 aromatic rings. The highest BCUT2D eigenvalue weighted by Gasteiger charge is 2.36. The quantitative estimate of drug-likeness (QED) is 0.624. The number of aromatic nitrogens is 4. The molecular formula is C14H8F6N4. The highest BCUT2D eigenvalue weighted by Crippen LogP contribution is 2.37. The van der Waals surface area contributed by atoms with E-state index in [4.69, 9.17) is 0 Å². The van der Waals surface area contributed by atoms with Crippen LogP contribution in [0.5, 0.6) is 0 Å². The van der Waals surface area contributed by atoms with Crippen LogP contribution in [0, 0.1) is 0 Å². The molecule has 0 unspecified atom stereocenters. The van der Waals surface area contributed by atoms with Crippen LogP contribution >= 0.6 is 0 Å². The second-order valence-corrected chi connectivity index (χ2v) is 4.98. The number of halogens is 6. The molecule has 3 heterocycles. The van der Waals surface area contributed by atoms with Crippen LogP contribution in [0.2, 0.25) is 0 Å². The van der Waals surface area contributed by atoms with Gasteiger partial charge in [-0.3, -0.25) is 4.98 Å². The Balaban J connectivity index is 2.24. The van der Waals surface area contributed by atoms with Crippen molar-refractivity contribution in [2.75, 3.05) is 0 Å². The number of nitrogens with zero attached hydrogens (tertiary/aromatic N) is 4. The molecule has 4 nitrogen and oxygen atoms in total. The standard InChI is InChI=1S/C14H8F6N4/c1-24-11(8-2-3-21-6-9(8)14(18,19)20)23-10-4-7(13(15,16)17)5-22-12(10)24/h2-6H,1H3. The van der Waals surface area contributed by atoms with Gasteiger partial charge in [0.15, 0.2) is 5.65 Å². The monoisotopic (exact) mass is 346 g/mol. The van der Waals surface area contributed by atoms with E-state index in [0.29, 0.717) is 12.4 Å². The Labute approximate surface area is 130 Å². The van der Waals surface area contributed by atoms with E-state index < -0.39 is 23.5 Å². The van der Waals surface area contributed by atoms with Gasteiger partial charge in [0.25, 0.3) is 0 Å². The maximum atomic E-state index is 13.1. The maximum absolute atomic E-state index is 13.1. The number of imidazole rings is 1. The van der Waals surface area contributed by atoms with Crippen LogP contribution in [0.25, 0.3) is 22.6 Å². The van der Waals surface area contributed by atoms with Crippen molar-refractivity contribution < 1.29 is 26.3 Å². The van der Waals surface area contributed by atoms with Crippen molar-refractivity contribution in [3.63, 3.8) is 0 Å². The third kappa shape index (κ3) is 2.68. The van der Waals surface area contributed by atoms with Crippen LogP contribution in [-0.2, 0) is 19.4 Å². The summed E-state index contributed by atoms with van der Waals surface area (Å²) in [5.74, 6) is -0.147. The van der Waals surface area contributed by atoms with E-state index in [-0.39, 0.29) is 22.6 Å². The zero-order valence-electron chi connectivity index (χ0n) is 11.9. The predicted octanol–water partition coefficient (Wildman–Crippen LogP) is 4.07. The molecule has 0 aliphatic carbocycles. The number of hydrogen-bond acceptors (Lipinski definition) is 3. The van der Waals surface area contributed by atoms with Gasteiger partial charge in [-0.05, 0) is 12.1 Å². The Bertz CT molecular complexity index is 910. The summed E-state index contributed by atoms with van der Waals surface area (Å²) < 4.78 is 78.7. The SMILES string of the molecule is Cn1c(-c2ccncc2C(F)(F)F)nc2cc(C(F)(F)F)cnc21. The smallest absolute Gasteiger partial charge is 0.312 e. The molecule has 0 N–H and O–H groups in total. The molecule has 0 aliphatic rings. The normalized spacial score (nSPS) is 12.8. The van der Waals surface area contributed by atoms with Gasteiger partial charge < -0.3 is 4.57 Å². The van der Waals surface area contributed by atoms with Gasteiger partial charge >= 0.3 is 12.4 Å². The van der Waals surface area contributed by atoms with Crippen LogP contribution in [-0.4, -0.2) is 19.5 Å². The van der Waals surface area contributed by atoms with Crippen molar-refractivity contribution in [3.05, 3.63) is 41.9 Å². The first kappa shape index (κ1) is 16.2. The highest BCUT2D eigenvalue weighted by molar-refractivity contribution is 5.78. The van der Waals surface area contributed by atoms with Crippen LogP contribution in [0.3, 0.4) is 0 Å². The molecular weight excluding hydrogens is 338 g/mol. The summed E-state index contributed by atoms with van der Waals surface area (Å²) in [6.45, 7) is 0. The largest absolute Gasteiger partial charge is 0.418 e. The molecule has 0 saturated heterocycles. The summed E-state index contributed by atoms with van der Waals surface area (Å²) >= 11 is 0. The second-order valence-electron chi connectivity index (χ2n) is 4.98. The number of fused-ring (bicyclic) bond motifs is 1. The summed E-state index contributed by atoms with van der Waals surface area (Å²) in [6.07, 6.45) is -6.88. The molecule has 3 aromatic heterocycles. The number of pyridine rings is 2. The lowest BCUT2D eigenvalue weighted by molar-refractivity contribution is -0.138. The van der Waals surface area contributed by atoms with Crippen molar-refractivity contribution in [3.8, 4) is 11.4 Å². The maximum Gasteiger partial charge on any atom is 0.418 e. The molecule has 0 radical (unpaired) electrons. The van der Waals surface area contributed by atoms with E-state index in [9.17, 15) is 26.3 Å². The summed E-state index contributed by atoms with van der Waals surface area (Å²) in [7, 11) is 1.38. The van der Waals surface area contributed by atoms with Gasteiger partial charge in [0.05, 0.1) is 11.1 Å². The first-order chi connectivity index (χ1) is 11.1. The Kier molecular flexibility index (Phi) is 3.50. The Hall–Kier alpha value is -2.65. The molecule has 0 bridgehead atoms. The van der Waals surface area contributed by atoms with Crippen molar-refractivity contribution >= 4 is 11.2 Å². The van der Waals surface area contributed by atoms with E-state index in [1.807, 2.05) is 0 Å². The highest BCUT2D eigenvalue weighted by atomic mass is 19.4. The second kappa shape index (κ2) is 5.18. The van der Waals surface area contributed by atoms with Crippen molar-refractivity contribution in [2.24, 2.45) is 7.05 Å². The third-order valence-corrected chi connectivity index (χ3v) is 3.40. The molecule has 0 aromatic carbocycles. The van der Waals surface area contributed by atoms with Crippen LogP contribution < -0.4 is 0 Å².